The Morgan fingerprint density at radius 3 is 3.11 bits per heavy atom. The molecule has 1 atom stereocenters. The third kappa shape index (κ3) is 2.21. The minimum atomic E-state index is 0.785. The van der Waals surface area contributed by atoms with E-state index in [9.17, 15) is 0 Å². The molecule has 0 bridgehead atoms. The summed E-state index contributed by atoms with van der Waals surface area (Å²) in [5, 5.41) is 0. The van der Waals surface area contributed by atoms with Gasteiger partial charge in [-0.3, -0.25) is 0 Å². The third-order valence-corrected chi connectivity index (χ3v) is 1.97. The molecule has 1 aliphatic carbocycles. The Hall–Kier alpha value is -0.260. The summed E-state index contributed by atoms with van der Waals surface area (Å²) in [6.45, 7) is 3.90. The van der Waals surface area contributed by atoms with Gasteiger partial charge in [-0.15, -0.1) is 0 Å². The molecule has 1 aliphatic rings. The van der Waals surface area contributed by atoms with Gasteiger partial charge in [-0.25, -0.2) is 0 Å². The molecule has 0 aromatic carbocycles. The lowest BCUT2D eigenvalue weighted by molar-refractivity contribution is 0.567. The summed E-state index contributed by atoms with van der Waals surface area (Å²) < 4.78 is 0. The molecule has 1 unspecified atom stereocenters. The van der Waals surface area contributed by atoms with Crippen molar-refractivity contribution < 1.29 is 0 Å². The molecule has 51 valence electrons. The zero-order valence-electron chi connectivity index (χ0n) is 5.97. The van der Waals surface area contributed by atoms with Gasteiger partial charge in [0.1, 0.15) is 0 Å². The van der Waals surface area contributed by atoms with Crippen LogP contribution in [0.2, 0.25) is 0 Å². The summed E-state index contributed by atoms with van der Waals surface area (Å²) in [7, 11) is 0. The van der Waals surface area contributed by atoms with E-state index in [4.69, 9.17) is 0 Å². The maximum atomic E-state index is 3.90. The van der Waals surface area contributed by atoms with Crippen LogP contribution in [0.4, 0.5) is 0 Å². The standard InChI is InChI=1S/C9H15/c1-2-9-7-5-3-4-6-8-9/h5,7,9H,1-4,6,8H2. The molecule has 0 nitrogen and oxygen atoms in total. The van der Waals surface area contributed by atoms with E-state index in [1.807, 2.05) is 0 Å². The first-order chi connectivity index (χ1) is 4.43. The zero-order chi connectivity index (χ0) is 6.53. The van der Waals surface area contributed by atoms with Crippen molar-refractivity contribution in [2.24, 2.45) is 5.92 Å². The fourth-order valence-corrected chi connectivity index (χ4v) is 1.29. The Labute approximate surface area is 58.0 Å². The molecule has 0 heteroatoms. The molecular formula is C9H15. The predicted molar refractivity (Wildman–Crippen MR) is 41.1 cm³/mol. The van der Waals surface area contributed by atoms with Crippen molar-refractivity contribution in [3.05, 3.63) is 19.1 Å². The third-order valence-electron chi connectivity index (χ3n) is 1.97. The van der Waals surface area contributed by atoms with Crippen molar-refractivity contribution in [3.8, 4) is 0 Å². The van der Waals surface area contributed by atoms with Crippen LogP contribution in [0.15, 0.2) is 12.2 Å². The lowest BCUT2D eigenvalue weighted by Gasteiger charge is -2.04. The highest BCUT2D eigenvalue weighted by atomic mass is 14.1. The summed E-state index contributed by atoms with van der Waals surface area (Å²) in [5.41, 5.74) is 0. The van der Waals surface area contributed by atoms with Crippen LogP contribution in [0.3, 0.4) is 0 Å². The highest BCUT2D eigenvalue weighted by molar-refractivity contribution is 4.91. The topological polar surface area (TPSA) is 0 Å². The van der Waals surface area contributed by atoms with Crippen LogP contribution >= 0.6 is 0 Å². The molecule has 1 rings (SSSR count). The average molecular weight is 123 g/mol. The highest BCUT2D eigenvalue weighted by Crippen LogP contribution is 2.18. The minimum Gasteiger partial charge on any atom is -0.0883 e. The van der Waals surface area contributed by atoms with Gasteiger partial charge in [0.25, 0.3) is 0 Å². The summed E-state index contributed by atoms with van der Waals surface area (Å²) in [4.78, 5) is 0. The van der Waals surface area contributed by atoms with Crippen molar-refractivity contribution in [2.45, 2.75) is 32.1 Å². The van der Waals surface area contributed by atoms with E-state index < -0.39 is 0 Å². The first-order valence-electron chi connectivity index (χ1n) is 3.89. The van der Waals surface area contributed by atoms with Gasteiger partial charge in [-0.2, -0.15) is 0 Å². The second-order valence-corrected chi connectivity index (χ2v) is 2.76. The first kappa shape index (κ1) is 6.85. The van der Waals surface area contributed by atoms with Crippen LogP contribution in [-0.2, 0) is 0 Å². The van der Waals surface area contributed by atoms with Crippen LogP contribution in [0, 0.1) is 12.8 Å². The molecule has 0 aliphatic heterocycles. The van der Waals surface area contributed by atoms with E-state index in [1.165, 1.54) is 25.7 Å². The fourth-order valence-electron chi connectivity index (χ4n) is 1.29. The van der Waals surface area contributed by atoms with Gasteiger partial charge in [0.15, 0.2) is 0 Å². The molecule has 0 N–H and O–H groups in total. The summed E-state index contributed by atoms with van der Waals surface area (Å²) in [6.07, 6.45) is 11.1. The van der Waals surface area contributed by atoms with E-state index in [2.05, 4.69) is 19.1 Å². The lowest BCUT2D eigenvalue weighted by Crippen LogP contribution is -1.91. The number of hydrogen-bond acceptors (Lipinski definition) is 0. The van der Waals surface area contributed by atoms with Crippen molar-refractivity contribution in [2.75, 3.05) is 0 Å². The summed E-state index contributed by atoms with van der Waals surface area (Å²) in [6, 6.07) is 0. The van der Waals surface area contributed by atoms with Crippen molar-refractivity contribution >= 4 is 0 Å². The Morgan fingerprint density at radius 1 is 1.44 bits per heavy atom. The van der Waals surface area contributed by atoms with E-state index >= 15 is 0 Å². The van der Waals surface area contributed by atoms with Crippen LogP contribution in [0.25, 0.3) is 0 Å². The van der Waals surface area contributed by atoms with Gasteiger partial charge in [-0.1, -0.05) is 25.5 Å². The predicted octanol–water partition coefficient (Wildman–Crippen LogP) is 2.96. The normalized spacial score (nSPS) is 27.9. The SMILES string of the molecule is [CH2]CC1C=CCCCC1. The van der Waals surface area contributed by atoms with Crippen LogP contribution < -0.4 is 0 Å². The smallest absolute Gasteiger partial charge is 0.0234 e. The Balaban J connectivity index is 2.33. The molecule has 0 amide bonds. The van der Waals surface area contributed by atoms with Gasteiger partial charge in [0, 0.05) is 0 Å². The van der Waals surface area contributed by atoms with Gasteiger partial charge in [0.05, 0.1) is 0 Å². The van der Waals surface area contributed by atoms with E-state index in [1.54, 1.807) is 0 Å². The van der Waals surface area contributed by atoms with Gasteiger partial charge in [0.2, 0.25) is 0 Å². The Bertz CT molecular complexity index is 92.2. The molecular weight excluding hydrogens is 108 g/mol. The number of allylic oxidation sites excluding steroid dienone is 2. The first-order valence-corrected chi connectivity index (χ1v) is 3.89. The second kappa shape index (κ2) is 3.71. The molecule has 0 heterocycles. The fraction of sp³-hybridized carbons (Fsp3) is 0.667. The molecule has 0 fully saturated rings. The maximum absolute atomic E-state index is 3.90. The van der Waals surface area contributed by atoms with Gasteiger partial charge < -0.3 is 0 Å². The van der Waals surface area contributed by atoms with E-state index in [0.717, 1.165) is 12.3 Å². The molecule has 9 heavy (non-hydrogen) atoms. The zero-order valence-corrected chi connectivity index (χ0v) is 5.97. The van der Waals surface area contributed by atoms with Gasteiger partial charge >= 0.3 is 0 Å². The van der Waals surface area contributed by atoms with Gasteiger partial charge in [-0.05, 0) is 31.6 Å². The van der Waals surface area contributed by atoms with Crippen LogP contribution in [0.5, 0.6) is 0 Å². The largest absolute Gasteiger partial charge is 0.0883 e. The highest BCUT2D eigenvalue weighted by Gasteiger charge is 2.03. The molecule has 0 spiro atoms. The Morgan fingerprint density at radius 2 is 2.33 bits per heavy atom. The minimum absolute atomic E-state index is 0.785. The number of rotatable bonds is 1. The van der Waals surface area contributed by atoms with Crippen LogP contribution in [0.1, 0.15) is 32.1 Å². The maximum Gasteiger partial charge on any atom is -0.0234 e. The quantitative estimate of drug-likeness (QED) is 0.470. The summed E-state index contributed by atoms with van der Waals surface area (Å²) in [5.74, 6) is 0.785. The number of hydrogen-bond donors (Lipinski definition) is 0. The van der Waals surface area contributed by atoms with Crippen molar-refractivity contribution in [3.63, 3.8) is 0 Å². The molecule has 0 saturated heterocycles. The Kier molecular flexibility index (Phi) is 2.82. The molecule has 0 aromatic heterocycles. The summed E-state index contributed by atoms with van der Waals surface area (Å²) >= 11 is 0. The second-order valence-electron chi connectivity index (χ2n) is 2.76. The van der Waals surface area contributed by atoms with E-state index in [0.29, 0.717) is 0 Å². The van der Waals surface area contributed by atoms with Crippen LogP contribution in [-0.4, -0.2) is 0 Å². The average Bonchev–Trinajstić information content (AvgIpc) is 2.13. The van der Waals surface area contributed by atoms with E-state index in [-0.39, 0.29) is 0 Å². The monoisotopic (exact) mass is 123 g/mol. The van der Waals surface area contributed by atoms with Crippen molar-refractivity contribution in [1.82, 2.24) is 0 Å². The van der Waals surface area contributed by atoms with Crippen molar-refractivity contribution in [1.29, 1.82) is 0 Å². The molecule has 0 saturated carbocycles. The molecule has 0 aromatic rings. The lowest BCUT2D eigenvalue weighted by atomic mass is 10.0. The molecule has 1 radical (unpaired) electrons.